The van der Waals surface area contributed by atoms with E-state index in [-0.39, 0.29) is 35.7 Å². The van der Waals surface area contributed by atoms with Crippen LogP contribution >= 0.6 is 0 Å². The standard InChI is InChI=1S/C72H74N4O5/c77-69(73-63(37-17-29-53-21-5-1-6-22-53)38-18-30-54-23-7-2-8-24-54)67-49-59-33-13-15-35-61(59)51-75(67)71(79)57-41-45-65(46-42-57)81-66-47-43-58(44-48-66)72(80)76-52-62-36-16-14-34-60(62)50-68(76)70(78)74-64(39-19-31-55-25-9-3-10-26-55)40-20-32-56-27-11-4-12-28-56/h1-16,21-28,33-36,41-48,63-64,67-68H,17-20,29-32,37-40,49-52H2,(H,73,77)(H,74,78)/t67-,68-/m0/s1. The van der Waals surface area contributed by atoms with Crippen LogP contribution in [0.1, 0.15) is 117 Å². The molecule has 81 heavy (non-hydrogen) atoms. The zero-order valence-corrected chi connectivity index (χ0v) is 46.3. The predicted octanol–water partition coefficient (Wildman–Crippen LogP) is 13.7. The van der Waals surface area contributed by atoms with Crippen LogP contribution < -0.4 is 15.4 Å². The van der Waals surface area contributed by atoms with Gasteiger partial charge in [0, 0.05) is 49.1 Å². The van der Waals surface area contributed by atoms with E-state index in [1.54, 1.807) is 58.3 Å². The molecular formula is C72H74N4O5. The lowest BCUT2D eigenvalue weighted by atomic mass is 9.92. The van der Waals surface area contributed by atoms with Crippen LogP contribution in [0.4, 0.5) is 0 Å². The van der Waals surface area contributed by atoms with E-state index in [9.17, 15) is 19.2 Å². The van der Waals surface area contributed by atoms with E-state index in [0.29, 0.717) is 48.6 Å². The molecule has 9 heteroatoms. The van der Waals surface area contributed by atoms with E-state index < -0.39 is 12.1 Å². The van der Waals surface area contributed by atoms with Gasteiger partial charge in [-0.05, 0) is 170 Å². The van der Waals surface area contributed by atoms with E-state index >= 15 is 0 Å². The summed E-state index contributed by atoms with van der Waals surface area (Å²) in [5.41, 5.74) is 10.3. The third kappa shape index (κ3) is 15.4. The van der Waals surface area contributed by atoms with E-state index in [0.717, 1.165) is 99.3 Å². The summed E-state index contributed by atoms with van der Waals surface area (Å²) >= 11 is 0. The maximum Gasteiger partial charge on any atom is 0.254 e. The van der Waals surface area contributed by atoms with Gasteiger partial charge in [-0.3, -0.25) is 19.2 Å². The first-order valence-electron chi connectivity index (χ1n) is 29.2. The number of rotatable bonds is 24. The topological polar surface area (TPSA) is 108 Å². The molecule has 0 unspecified atom stereocenters. The molecule has 9 nitrogen and oxygen atoms in total. The van der Waals surface area contributed by atoms with Crippen molar-refractivity contribution in [2.75, 3.05) is 0 Å². The van der Waals surface area contributed by atoms with Crippen molar-refractivity contribution in [3.05, 3.63) is 274 Å². The van der Waals surface area contributed by atoms with Crippen molar-refractivity contribution in [3.8, 4) is 11.5 Å². The lowest BCUT2D eigenvalue weighted by Gasteiger charge is -2.37. The summed E-state index contributed by atoms with van der Waals surface area (Å²) in [4.78, 5) is 61.7. The number of hydrogen-bond acceptors (Lipinski definition) is 5. The molecule has 0 radical (unpaired) electrons. The van der Waals surface area contributed by atoms with Crippen LogP contribution in [-0.4, -0.2) is 57.6 Å². The number of benzene rings is 8. The number of amides is 4. The summed E-state index contributed by atoms with van der Waals surface area (Å²) in [6.45, 7) is 0.646. The molecule has 2 N–H and O–H groups in total. The van der Waals surface area contributed by atoms with Crippen LogP contribution in [-0.2, 0) is 61.2 Å². The minimum absolute atomic E-state index is 0.0345. The molecule has 412 valence electrons. The average Bonchev–Trinajstić information content (AvgIpc) is 3.61. The summed E-state index contributed by atoms with van der Waals surface area (Å²) in [5.74, 6) is 0.331. The summed E-state index contributed by atoms with van der Waals surface area (Å²) in [6.07, 6.45) is 11.7. The van der Waals surface area contributed by atoms with E-state index in [1.165, 1.54) is 22.3 Å². The summed E-state index contributed by atoms with van der Waals surface area (Å²) in [7, 11) is 0. The minimum Gasteiger partial charge on any atom is -0.457 e. The predicted molar refractivity (Wildman–Crippen MR) is 322 cm³/mol. The maximum absolute atomic E-state index is 14.6. The molecule has 2 atom stereocenters. The molecule has 10 rings (SSSR count). The van der Waals surface area contributed by atoms with Crippen molar-refractivity contribution in [1.29, 1.82) is 0 Å². The van der Waals surface area contributed by atoms with Gasteiger partial charge in [0.25, 0.3) is 11.8 Å². The Morgan fingerprint density at radius 2 is 0.654 bits per heavy atom. The highest BCUT2D eigenvalue weighted by Gasteiger charge is 2.37. The van der Waals surface area contributed by atoms with Crippen molar-refractivity contribution >= 4 is 23.6 Å². The third-order valence-corrected chi connectivity index (χ3v) is 16.2. The molecule has 8 aromatic carbocycles. The van der Waals surface area contributed by atoms with E-state index in [1.807, 2.05) is 60.7 Å². The Balaban J connectivity index is 0.789. The van der Waals surface area contributed by atoms with Gasteiger partial charge in [0.2, 0.25) is 11.8 Å². The number of hydrogen-bond donors (Lipinski definition) is 2. The minimum atomic E-state index is -0.679. The third-order valence-electron chi connectivity index (χ3n) is 16.2. The summed E-state index contributed by atoms with van der Waals surface area (Å²) < 4.78 is 6.30. The fourth-order valence-corrected chi connectivity index (χ4v) is 11.7. The molecule has 8 aromatic rings. The molecule has 4 amide bonds. The van der Waals surface area contributed by atoms with Crippen molar-refractivity contribution in [1.82, 2.24) is 20.4 Å². The second kappa shape index (κ2) is 28.0. The summed E-state index contributed by atoms with van der Waals surface area (Å²) in [6, 6.07) is 70.7. The van der Waals surface area contributed by atoms with E-state index in [2.05, 4.69) is 120 Å². The second-order valence-corrected chi connectivity index (χ2v) is 21.9. The molecule has 0 spiro atoms. The first-order valence-corrected chi connectivity index (χ1v) is 29.2. The Hall–Kier alpha value is -8.56. The van der Waals surface area contributed by atoms with Gasteiger partial charge in [-0.1, -0.05) is 170 Å². The van der Waals surface area contributed by atoms with Gasteiger partial charge in [0.05, 0.1) is 0 Å². The van der Waals surface area contributed by atoms with Crippen LogP contribution in [0.5, 0.6) is 11.5 Å². The Morgan fingerprint density at radius 1 is 0.370 bits per heavy atom. The second-order valence-electron chi connectivity index (χ2n) is 21.9. The maximum atomic E-state index is 14.6. The van der Waals surface area contributed by atoms with Gasteiger partial charge in [0.1, 0.15) is 23.6 Å². The molecule has 0 bridgehead atoms. The fraction of sp³-hybridized carbons (Fsp3) is 0.278. The quantitative estimate of drug-likeness (QED) is 0.0627. The van der Waals surface area contributed by atoms with Gasteiger partial charge < -0.3 is 25.2 Å². The summed E-state index contributed by atoms with van der Waals surface area (Å²) in [5, 5.41) is 6.87. The Morgan fingerprint density at radius 3 is 0.963 bits per heavy atom. The van der Waals surface area contributed by atoms with Gasteiger partial charge >= 0.3 is 0 Å². The number of ether oxygens (including phenoxy) is 1. The Labute approximate surface area is 478 Å². The van der Waals surface area contributed by atoms with Crippen molar-refractivity contribution in [2.45, 2.75) is 127 Å². The molecule has 0 saturated heterocycles. The van der Waals surface area contributed by atoms with Gasteiger partial charge in [0.15, 0.2) is 0 Å². The lowest BCUT2D eigenvalue weighted by Crippen LogP contribution is -2.54. The monoisotopic (exact) mass is 1070 g/mol. The highest BCUT2D eigenvalue weighted by atomic mass is 16.5. The molecule has 0 saturated carbocycles. The molecular weight excluding hydrogens is 1000 g/mol. The number of aryl methyl sites for hydroxylation is 4. The molecule has 2 heterocycles. The van der Waals surface area contributed by atoms with Crippen molar-refractivity contribution in [2.24, 2.45) is 0 Å². The molecule has 0 aliphatic carbocycles. The molecule has 0 fully saturated rings. The zero-order chi connectivity index (χ0) is 55.6. The van der Waals surface area contributed by atoms with Crippen LogP contribution in [0.3, 0.4) is 0 Å². The molecule has 2 aliphatic heterocycles. The first kappa shape index (κ1) is 55.7. The van der Waals surface area contributed by atoms with Gasteiger partial charge in [-0.15, -0.1) is 0 Å². The number of carbonyl (C=O) groups excluding carboxylic acids is 4. The molecule has 2 aliphatic rings. The first-order chi connectivity index (χ1) is 39.8. The Kier molecular flexibility index (Phi) is 19.3. The molecule has 0 aromatic heterocycles. The van der Waals surface area contributed by atoms with Gasteiger partial charge in [-0.2, -0.15) is 0 Å². The number of nitrogens with one attached hydrogen (secondary N) is 2. The van der Waals surface area contributed by atoms with Crippen LogP contribution in [0.25, 0.3) is 0 Å². The zero-order valence-electron chi connectivity index (χ0n) is 46.3. The smallest absolute Gasteiger partial charge is 0.254 e. The lowest BCUT2D eigenvalue weighted by molar-refractivity contribution is -0.127. The van der Waals surface area contributed by atoms with Crippen LogP contribution in [0.2, 0.25) is 0 Å². The Bertz CT molecular complexity index is 2990. The highest BCUT2D eigenvalue weighted by molar-refractivity contribution is 5.99. The number of nitrogens with zero attached hydrogens (tertiary/aromatic N) is 2. The van der Waals surface area contributed by atoms with Crippen LogP contribution in [0, 0.1) is 0 Å². The SMILES string of the molecule is O=C(NC(CCCc1ccccc1)CCCc1ccccc1)[C@@H]1Cc2ccccc2CN1C(=O)c1ccc(Oc2ccc(C(=O)N3Cc4ccccc4C[C@H]3C(=O)NC(CCCc3ccccc3)CCCc3ccccc3)cc2)cc1. The normalized spacial score (nSPS) is 14.7. The largest absolute Gasteiger partial charge is 0.457 e. The van der Waals surface area contributed by atoms with Crippen molar-refractivity contribution in [3.63, 3.8) is 0 Å². The average molecular weight is 1080 g/mol. The van der Waals surface area contributed by atoms with E-state index in [4.69, 9.17) is 4.74 Å². The highest BCUT2D eigenvalue weighted by Crippen LogP contribution is 2.30. The fourth-order valence-electron chi connectivity index (χ4n) is 11.7. The number of fused-ring (bicyclic) bond motifs is 2. The van der Waals surface area contributed by atoms with Crippen molar-refractivity contribution < 1.29 is 23.9 Å². The number of carbonyl (C=O) groups is 4. The van der Waals surface area contributed by atoms with Crippen LogP contribution in [0.15, 0.2) is 218 Å². The van der Waals surface area contributed by atoms with Gasteiger partial charge in [-0.25, -0.2) is 0 Å².